The van der Waals surface area contributed by atoms with Crippen molar-refractivity contribution in [2.24, 2.45) is 0 Å². The largest absolute Gasteiger partial charge is 0.573 e. The lowest BCUT2D eigenvalue weighted by Gasteiger charge is -2.14. The molecule has 226 valence electrons. The third-order valence-electron chi connectivity index (χ3n) is 6.07. The third-order valence-corrected chi connectivity index (χ3v) is 6.07. The van der Waals surface area contributed by atoms with Crippen molar-refractivity contribution in [2.75, 3.05) is 51.9 Å². The van der Waals surface area contributed by atoms with Crippen LogP contribution in [0.4, 0.5) is 18.9 Å². The van der Waals surface area contributed by atoms with Crippen molar-refractivity contribution in [3.05, 3.63) is 64.7 Å². The number of anilines is 1. The number of methoxy groups -OCH3 is 1. The summed E-state index contributed by atoms with van der Waals surface area (Å²) in [7, 11) is 1.51. The molecule has 4 rings (SSSR count). The molecular weight excluding hydrogens is 557 g/mol. The Labute approximate surface area is 239 Å². The minimum absolute atomic E-state index is 0.210. The Morgan fingerprint density at radius 2 is 1.69 bits per heavy atom. The molecule has 4 aromatic rings. The summed E-state index contributed by atoms with van der Waals surface area (Å²) in [6.07, 6.45) is 0.177. The van der Waals surface area contributed by atoms with Crippen molar-refractivity contribution in [1.29, 1.82) is 0 Å². The molecule has 42 heavy (non-hydrogen) atoms. The van der Waals surface area contributed by atoms with Gasteiger partial charge >= 0.3 is 6.36 Å². The molecule has 0 fully saturated rings. The highest BCUT2D eigenvalue weighted by Crippen LogP contribution is 2.30. The summed E-state index contributed by atoms with van der Waals surface area (Å²) in [5, 5.41) is 20.8. The minimum atomic E-state index is -4.79. The lowest BCUT2D eigenvalue weighted by molar-refractivity contribution is -0.274. The van der Waals surface area contributed by atoms with Crippen molar-refractivity contribution in [1.82, 2.24) is 25.7 Å². The van der Waals surface area contributed by atoms with E-state index in [1.54, 1.807) is 18.5 Å². The SMILES string of the molecule is COCCOc1cc(CNCCCCOCCNc2cc(-c3cn[nH]c(=O)c3)cc3[nH]ncc23)cc(OC(F)(F)F)c1. The van der Waals surface area contributed by atoms with Crippen molar-refractivity contribution in [3.63, 3.8) is 0 Å². The van der Waals surface area contributed by atoms with Gasteiger partial charge in [0.1, 0.15) is 18.1 Å². The van der Waals surface area contributed by atoms with Gasteiger partial charge in [-0.05, 0) is 54.8 Å². The summed E-state index contributed by atoms with van der Waals surface area (Å²) < 4.78 is 58.3. The number of hydrogen-bond donors (Lipinski definition) is 4. The van der Waals surface area contributed by atoms with E-state index in [1.807, 2.05) is 12.1 Å². The number of H-pyrrole nitrogens is 2. The van der Waals surface area contributed by atoms with Crippen LogP contribution in [0.2, 0.25) is 0 Å². The standard InChI is InChI=1S/C28H33F3N6O5/c1-39-8-9-41-22-10-19(11-23(15-22)42-28(29,30)31)16-32-4-2-3-6-40-7-5-33-25-12-20(13-26-24(25)18-35-36-26)21-14-27(38)37-34-17-21/h10-15,17-18,32-33H,2-9,16H2,1H3,(H,35,36)(H,37,38). The molecule has 11 nitrogen and oxygen atoms in total. The Bertz CT molecular complexity index is 1480. The molecule has 0 bridgehead atoms. The van der Waals surface area contributed by atoms with Crippen LogP contribution in [0.3, 0.4) is 0 Å². The first-order chi connectivity index (χ1) is 20.3. The van der Waals surface area contributed by atoms with E-state index < -0.39 is 6.36 Å². The maximum atomic E-state index is 12.7. The van der Waals surface area contributed by atoms with Gasteiger partial charge in [-0.2, -0.15) is 10.2 Å². The zero-order valence-corrected chi connectivity index (χ0v) is 23.1. The second kappa shape index (κ2) is 15.2. The quantitative estimate of drug-likeness (QED) is 0.133. The summed E-state index contributed by atoms with van der Waals surface area (Å²) in [6.45, 7) is 3.16. The molecule has 0 saturated carbocycles. The molecule has 2 aromatic carbocycles. The third kappa shape index (κ3) is 9.75. The molecule has 0 atom stereocenters. The lowest BCUT2D eigenvalue weighted by Crippen LogP contribution is -2.18. The van der Waals surface area contributed by atoms with Crippen LogP contribution in [0.15, 0.2) is 53.6 Å². The lowest BCUT2D eigenvalue weighted by atomic mass is 10.1. The summed E-state index contributed by atoms with van der Waals surface area (Å²) in [5.74, 6) is -0.0519. The predicted molar refractivity (Wildman–Crippen MR) is 151 cm³/mol. The molecule has 0 radical (unpaired) electrons. The molecule has 14 heteroatoms. The van der Waals surface area contributed by atoms with Gasteiger partial charge in [0.05, 0.1) is 31.1 Å². The first kappa shape index (κ1) is 30.8. The average Bonchev–Trinajstić information content (AvgIpc) is 3.42. The fourth-order valence-electron chi connectivity index (χ4n) is 4.20. The van der Waals surface area contributed by atoms with E-state index >= 15 is 0 Å². The number of hydrogen-bond acceptors (Lipinski definition) is 9. The number of aromatic nitrogens is 4. The molecule has 0 aliphatic heterocycles. The zero-order valence-electron chi connectivity index (χ0n) is 23.1. The van der Waals surface area contributed by atoms with Crippen LogP contribution in [0.1, 0.15) is 18.4 Å². The van der Waals surface area contributed by atoms with E-state index in [9.17, 15) is 18.0 Å². The van der Waals surface area contributed by atoms with Gasteiger partial charge in [-0.3, -0.25) is 9.89 Å². The van der Waals surface area contributed by atoms with E-state index in [1.165, 1.54) is 25.3 Å². The Balaban J connectivity index is 1.16. The summed E-state index contributed by atoms with van der Waals surface area (Å²) in [6, 6.07) is 9.56. The highest BCUT2D eigenvalue weighted by atomic mass is 19.4. The number of ether oxygens (including phenoxy) is 4. The second-order valence-electron chi connectivity index (χ2n) is 9.31. The molecule has 0 amide bonds. The van der Waals surface area contributed by atoms with Gasteiger partial charge in [0, 0.05) is 55.6 Å². The van der Waals surface area contributed by atoms with Gasteiger partial charge in [-0.25, -0.2) is 5.10 Å². The fraction of sp³-hybridized carbons (Fsp3) is 0.393. The minimum Gasteiger partial charge on any atom is -0.491 e. The average molecular weight is 591 g/mol. The highest BCUT2D eigenvalue weighted by Gasteiger charge is 2.31. The second-order valence-corrected chi connectivity index (χ2v) is 9.31. The van der Waals surface area contributed by atoms with Crippen LogP contribution in [0.25, 0.3) is 22.0 Å². The van der Waals surface area contributed by atoms with Gasteiger partial charge in [0.2, 0.25) is 0 Å². The Hall–Kier alpha value is -4.14. The number of nitrogens with zero attached hydrogens (tertiary/aromatic N) is 2. The van der Waals surface area contributed by atoms with Crippen molar-refractivity contribution >= 4 is 16.6 Å². The van der Waals surface area contributed by atoms with Gasteiger partial charge in [0.15, 0.2) is 0 Å². The van der Waals surface area contributed by atoms with E-state index in [-0.39, 0.29) is 23.7 Å². The number of rotatable bonds is 17. The van der Waals surface area contributed by atoms with E-state index in [4.69, 9.17) is 14.2 Å². The molecule has 4 N–H and O–H groups in total. The molecule has 2 aromatic heterocycles. The van der Waals surface area contributed by atoms with E-state index in [0.29, 0.717) is 50.6 Å². The van der Waals surface area contributed by atoms with Crippen LogP contribution in [-0.2, 0) is 16.0 Å². The molecule has 2 heterocycles. The molecule has 0 aliphatic rings. The van der Waals surface area contributed by atoms with Gasteiger partial charge in [-0.15, -0.1) is 13.2 Å². The Morgan fingerprint density at radius 1 is 0.857 bits per heavy atom. The smallest absolute Gasteiger partial charge is 0.491 e. The number of alkyl halides is 3. The predicted octanol–water partition coefficient (Wildman–Crippen LogP) is 4.24. The van der Waals surface area contributed by atoms with Gasteiger partial charge < -0.3 is 29.6 Å². The number of halogens is 3. The molecule has 0 aliphatic carbocycles. The van der Waals surface area contributed by atoms with E-state index in [0.717, 1.165) is 35.0 Å². The molecule has 0 unspecified atom stereocenters. The summed E-state index contributed by atoms with van der Waals surface area (Å²) in [4.78, 5) is 11.7. The number of nitrogens with one attached hydrogen (secondary N) is 4. The van der Waals surface area contributed by atoms with Crippen molar-refractivity contribution < 1.29 is 32.1 Å². The van der Waals surface area contributed by atoms with E-state index in [2.05, 4.69) is 35.8 Å². The first-order valence-corrected chi connectivity index (χ1v) is 13.4. The molecule has 0 saturated heterocycles. The van der Waals surface area contributed by atoms with Crippen molar-refractivity contribution in [2.45, 2.75) is 25.7 Å². The van der Waals surface area contributed by atoms with Gasteiger partial charge in [0.25, 0.3) is 5.56 Å². The fourth-order valence-corrected chi connectivity index (χ4v) is 4.20. The Kier molecular flexibility index (Phi) is 11.1. The molecular formula is C28H33F3N6O5. The number of fused-ring (bicyclic) bond motifs is 1. The van der Waals surface area contributed by atoms with Crippen LogP contribution < -0.4 is 25.7 Å². The van der Waals surface area contributed by atoms with Crippen LogP contribution in [-0.4, -0.2) is 73.4 Å². The maximum absolute atomic E-state index is 12.7. The van der Waals surface area contributed by atoms with Crippen LogP contribution >= 0.6 is 0 Å². The van der Waals surface area contributed by atoms with Crippen LogP contribution in [0.5, 0.6) is 11.5 Å². The normalized spacial score (nSPS) is 11.6. The topological polar surface area (TPSA) is 135 Å². The van der Waals surface area contributed by atoms with Gasteiger partial charge in [-0.1, -0.05) is 0 Å². The van der Waals surface area contributed by atoms with Crippen LogP contribution in [0, 0.1) is 0 Å². The summed E-state index contributed by atoms with van der Waals surface area (Å²) >= 11 is 0. The number of benzene rings is 2. The Morgan fingerprint density at radius 3 is 2.50 bits per heavy atom. The first-order valence-electron chi connectivity index (χ1n) is 13.4. The molecule has 0 spiro atoms. The van der Waals surface area contributed by atoms with Crippen molar-refractivity contribution in [3.8, 4) is 22.6 Å². The maximum Gasteiger partial charge on any atom is 0.573 e. The number of aromatic amines is 2. The monoisotopic (exact) mass is 590 g/mol. The zero-order chi connectivity index (χ0) is 29.8. The highest BCUT2D eigenvalue weighted by molar-refractivity contribution is 5.95. The summed E-state index contributed by atoms with van der Waals surface area (Å²) in [5.41, 5.74) is 3.55. The number of unbranched alkanes of at least 4 members (excludes halogenated alkanes) is 1.